The van der Waals surface area contributed by atoms with Gasteiger partial charge in [0.05, 0.1) is 0 Å². The van der Waals surface area contributed by atoms with E-state index in [0.29, 0.717) is 5.56 Å². The Morgan fingerprint density at radius 1 is 1.40 bits per heavy atom. The average molecular weight is 295 g/mol. The van der Waals surface area contributed by atoms with Gasteiger partial charge in [-0.25, -0.2) is 4.39 Å². The first-order valence-corrected chi connectivity index (χ1v) is 7.55. The number of thiocarbonyl (C=S) groups is 1. The van der Waals surface area contributed by atoms with Crippen LogP contribution in [-0.2, 0) is 0 Å². The van der Waals surface area contributed by atoms with Crippen molar-refractivity contribution >= 4 is 22.9 Å². The van der Waals surface area contributed by atoms with E-state index in [-0.39, 0.29) is 16.8 Å². The Morgan fingerprint density at radius 3 is 2.75 bits per heavy atom. The molecule has 2 rings (SSSR count). The summed E-state index contributed by atoms with van der Waals surface area (Å²) in [6.45, 7) is 5.44. The Bertz CT molecular complexity index is 472. The molecule has 1 aromatic rings. The minimum absolute atomic E-state index is 0.220. The van der Waals surface area contributed by atoms with Crippen LogP contribution < -0.4 is 11.1 Å². The van der Waals surface area contributed by atoms with Crippen molar-refractivity contribution in [1.29, 1.82) is 0 Å². The number of benzene rings is 1. The van der Waals surface area contributed by atoms with Gasteiger partial charge >= 0.3 is 0 Å². The first-order chi connectivity index (χ1) is 9.56. The van der Waals surface area contributed by atoms with Crippen LogP contribution >= 0.6 is 12.2 Å². The standard InChI is InChI=1S/C15H22FN3S/c1-11(10-19-7-3-2-4-8-19)18-14-6-5-12(16)9-13(14)15(17)20/h5-6,9,11,18H,2-4,7-8,10H2,1H3,(H2,17,20). The fourth-order valence-corrected chi connectivity index (χ4v) is 2.86. The third-order valence-electron chi connectivity index (χ3n) is 3.63. The number of hydrogen-bond donors (Lipinski definition) is 2. The number of hydrogen-bond acceptors (Lipinski definition) is 3. The molecule has 0 spiro atoms. The maximum absolute atomic E-state index is 13.3. The number of nitrogens with one attached hydrogen (secondary N) is 1. The molecular formula is C15H22FN3S. The summed E-state index contributed by atoms with van der Waals surface area (Å²) in [5.74, 6) is -0.318. The fraction of sp³-hybridized carbons (Fsp3) is 0.533. The van der Waals surface area contributed by atoms with Crippen molar-refractivity contribution in [3.63, 3.8) is 0 Å². The minimum atomic E-state index is -0.318. The van der Waals surface area contributed by atoms with Crippen LogP contribution in [0.15, 0.2) is 18.2 Å². The largest absolute Gasteiger partial charge is 0.389 e. The molecule has 1 atom stereocenters. The highest BCUT2D eigenvalue weighted by molar-refractivity contribution is 7.80. The van der Waals surface area contributed by atoms with E-state index in [1.165, 1.54) is 31.4 Å². The van der Waals surface area contributed by atoms with Gasteiger partial charge in [0.25, 0.3) is 0 Å². The SMILES string of the molecule is CC(CN1CCCCC1)Nc1ccc(F)cc1C(N)=S. The first kappa shape index (κ1) is 15.2. The van der Waals surface area contributed by atoms with Gasteiger partial charge in [0.2, 0.25) is 0 Å². The quantitative estimate of drug-likeness (QED) is 0.820. The molecule has 1 aliphatic rings. The van der Waals surface area contributed by atoms with Crippen molar-refractivity contribution in [2.24, 2.45) is 5.73 Å². The lowest BCUT2D eigenvalue weighted by atomic mass is 10.1. The van der Waals surface area contributed by atoms with Crippen molar-refractivity contribution in [3.8, 4) is 0 Å². The van der Waals surface area contributed by atoms with Gasteiger partial charge in [-0.15, -0.1) is 0 Å². The lowest BCUT2D eigenvalue weighted by Gasteiger charge is -2.30. The summed E-state index contributed by atoms with van der Waals surface area (Å²) < 4.78 is 13.3. The smallest absolute Gasteiger partial charge is 0.124 e. The Morgan fingerprint density at radius 2 is 2.10 bits per heavy atom. The van der Waals surface area contributed by atoms with Crippen LogP contribution in [0.1, 0.15) is 31.7 Å². The molecule has 0 aliphatic carbocycles. The molecule has 3 N–H and O–H groups in total. The lowest BCUT2D eigenvalue weighted by molar-refractivity contribution is 0.223. The van der Waals surface area contributed by atoms with Gasteiger partial charge in [-0.1, -0.05) is 18.6 Å². The van der Waals surface area contributed by atoms with Crippen molar-refractivity contribution in [2.45, 2.75) is 32.2 Å². The molecule has 0 aromatic heterocycles. The molecule has 1 aromatic carbocycles. The van der Waals surface area contributed by atoms with Crippen LogP contribution in [0.5, 0.6) is 0 Å². The number of rotatable bonds is 5. The van der Waals surface area contributed by atoms with Crippen LogP contribution in [0, 0.1) is 5.82 Å². The third kappa shape index (κ3) is 4.15. The molecule has 3 nitrogen and oxygen atoms in total. The zero-order valence-corrected chi connectivity index (χ0v) is 12.7. The minimum Gasteiger partial charge on any atom is -0.389 e. The number of likely N-dealkylation sites (tertiary alicyclic amines) is 1. The van der Waals surface area contributed by atoms with Crippen molar-refractivity contribution < 1.29 is 4.39 Å². The summed E-state index contributed by atoms with van der Waals surface area (Å²) in [4.78, 5) is 2.68. The summed E-state index contributed by atoms with van der Waals surface area (Å²) >= 11 is 4.98. The molecule has 0 bridgehead atoms. The molecule has 0 radical (unpaired) electrons. The van der Waals surface area contributed by atoms with E-state index in [4.69, 9.17) is 18.0 Å². The van der Waals surface area contributed by atoms with Crippen LogP contribution in [0.25, 0.3) is 0 Å². The highest BCUT2D eigenvalue weighted by Gasteiger charge is 2.15. The second-order valence-electron chi connectivity index (χ2n) is 5.46. The van der Waals surface area contributed by atoms with Gasteiger partial charge in [-0.3, -0.25) is 0 Å². The number of halogens is 1. The van der Waals surface area contributed by atoms with E-state index < -0.39 is 0 Å². The predicted molar refractivity (Wildman–Crippen MR) is 85.7 cm³/mol. The van der Waals surface area contributed by atoms with E-state index in [1.54, 1.807) is 6.07 Å². The maximum atomic E-state index is 13.3. The normalized spacial score (nSPS) is 17.7. The van der Waals surface area contributed by atoms with Gasteiger partial charge in [-0.05, 0) is 51.1 Å². The molecule has 1 unspecified atom stereocenters. The molecule has 1 fully saturated rings. The average Bonchev–Trinajstić information content (AvgIpc) is 2.41. The Kier molecular flexibility index (Phi) is 5.31. The molecule has 20 heavy (non-hydrogen) atoms. The summed E-state index contributed by atoms with van der Waals surface area (Å²) in [6, 6.07) is 4.79. The van der Waals surface area contributed by atoms with Crippen LogP contribution in [0.4, 0.5) is 10.1 Å². The monoisotopic (exact) mass is 295 g/mol. The summed E-state index contributed by atoms with van der Waals surface area (Å²) in [6.07, 6.45) is 3.89. The molecule has 1 heterocycles. The zero-order chi connectivity index (χ0) is 14.5. The summed E-state index contributed by atoms with van der Waals surface area (Å²) in [5.41, 5.74) is 7.04. The second-order valence-corrected chi connectivity index (χ2v) is 5.90. The number of nitrogens with zero attached hydrogens (tertiary/aromatic N) is 1. The molecule has 5 heteroatoms. The zero-order valence-electron chi connectivity index (χ0n) is 11.9. The van der Waals surface area contributed by atoms with E-state index in [2.05, 4.69) is 17.1 Å². The van der Waals surface area contributed by atoms with E-state index in [9.17, 15) is 4.39 Å². The van der Waals surface area contributed by atoms with E-state index in [0.717, 1.165) is 25.3 Å². The Labute approximate surface area is 125 Å². The van der Waals surface area contributed by atoms with Crippen LogP contribution in [0.2, 0.25) is 0 Å². The van der Waals surface area contributed by atoms with Gasteiger partial charge < -0.3 is 16.0 Å². The van der Waals surface area contributed by atoms with E-state index >= 15 is 0 Å². The molecule has 1 aliphatic heterocycles. The molecule has 110 valence electrons. The Hall–Kier alpha value is -1.20. The molecule has 1 saturated heterocycles. The first-order valence-electron chi connectivity index (χ1n) is 7.14. The molecule has 0 saturated carbocycles. The highest BCUT2D eigenvalue weighted by Crippen LogP contribution is 2.19. The molecular weight excluding hydrogens is 273 g/mol. The van der Waals surface area contributed by atoms with Crippen molar-refractivity contribution in [1.82, 2.24) is 4.90 Å². The summed E-state index contributed by atoms with van der Waals surface area (Å²) in [7, 11) is 0. The van der Waals surface area contributed by atoms with Crippen LogP contribution in [0.3, 0.4) is 0 Å². The van der Waals surface area contributed by atoms with E-state index in [1.807, 2.05) is 0 Å². The van der Waals surface area contributed by atoms with Crippen molar-refractivity contribution in [3.05, 3.63) is 29.6 Å². The van der Waals surface area contributed by atoms with Gasteiger partial charge in [0.1, 0.15) is 10.8 Å². The van der Waals surface area contributed by atoms with Gasteiger partial charge in [-0.2, -0.15) is 0 Å². The topological polar surface area (TPSA) is 41.3 Å². The third-order valence-corrected chi connectivity index (χ3v) is 3.85. The second kappa shape index (κ2) is 6.99. The number of nitrogens with two attached hydrogens (primary N) is 1. The highest BCUT2D eigenvalue weighted by atomic mass is 32.1. The lowest BCUT2D eigenvalue weighted by Crippen LogP contribution is -2.38. The van der Waals surface area contributed by atoms with Crippen LogP contribution in [-0.4, -0.2) is 35.6 Å². The number of anilines is 1. The van der Waals surface area contributed by atoms with Gasteiger partial charge in [0.15, 0.2) is 0 Å². The number of piperidine rings is 1. The maximum Gasteiger partial charge on any atom is 0.124 e. The molecule has 0 amide bonds. The predicted octanol–water partition coefficient (Wildman–Crippen LogP) is 2.75. The van der Waals surface area contributed by atoms with Gasteiger partial charge in [0, 0.05) is 23.8 Å². The van der Waals surface area contributed by atoms with Crippen molar-refractivity contribution in [2.75, 3.05) is 25.0 Å². The fourth-order valence-electron chi connectivity index (χ4n) is 2.69. The Balaban J connectivity index is 1.99. The summed E-state index contributed by atoms with van der Waals surface area (Å²) in [5, 5.41) is 3.39.